The van der Waals surface area contributed by atoms with Crippen LogP contribution in [-0.4, -0.2) is 12.7 Å². The zero-order valence-electron chi connectivity index (χ0n) is 24.4. The van der Waals surface area contributed by atoms with Crippen LogP contribution in [0.3, 0.4) is 0 Å². The Hall–Kier alpha value is -3.98. The molecule has 44 heavy (non-hydrogen) atoms. The Balaban J connectivity index is 1.41. The van der Waals surface area contributed by atoms with Crippen LogP contribution in [0.1, 0.15) is 28.0 Å². The molecule has 6 aromatic carbocycles. The lowest BCUT2D eigenvalue weighted by atomic mass is 10.0. The Morgan fingerprint density at radius 2 is 0.841 bits per heavy atom. The second kappa shape index (κ2) is 15.7. The maximum atomic E-state index is 7.35. The topological polar surface area (TPSA) is 18.5 Å². The molecule has 0 bridgehead atoms. The maximum absolute atomic E-state index is 7.35. The average Bonchev–Trinajstić information content (AvgIpc) is 3.11. The summed E-state index contributed by atoms with van der Waals surface area (Å²) >= 11 is 1.83. The molecule has 218 valence electrons. The smallest absolute Gasteiger partial charge is 0.108 e. The van der Waals surface area contributed by atoms with E-state index < -0.39 is 8.15 Å². The summed E-state index contributed by atoms with van der Waals surface area (Å²) in [6.45, 7) is 0.409. The fraction of sp³-hybridized carbons (Fsp3) is 0.100. The molecule has 2 atom stereocenters. The van der Waals surface area contributed by atoms with E-state index in [1.54, 1.807) is 0 Å². The van der Waals surface area contributed by atoms with Crippen molar-refractivity contribution < 1.29 is 9.26 Å². The van der Waals surface area contributed by atoms with Crippen LogP contribution in [0.15, 0.2) is 187 Å². The van der Waals surface area contributed by atoms with E-state index in [0.717, 1.165) is 11.1 Å². The number of hydrogen-bond donors (Lipinski definition) is 0. The van der Waals surface area contributed by atoms with E-state index in [1.807, 2.05) is 23.9 Å². The van der Waals surface area contributed by atoms with Gasteiger partial charge in [-0.3, -0.25) is 0 Å². The van der Waals surface area contributed by atoms with Crippen molar-refractivity contribution in [2.24, 2.45) is 0 Å². The molecule has 0 radical (unpaired) electrons. The molecule has 0 saturated heterocycles. The highest BCUT2D eigenvalue weighted by atomic mass is 32.2. The number of hydrogen-bond acceptors (Lipinski definition) is 3. The third-order valence-electron chi connectivity index (χ3n) is 7.33. The van der Waals surface area contributed by atoms with Crippen molar-refractivity contribution in [1.82, 2.24) is 0 Å². The monoisotopic (exact) mass is 610 g/mol. The van der Waals surface area contributed by atoms with Crippen molar-refractivity contribution in [3.8, 4) is 0 Å². The maximum Gasteiger partial charge on any atom is 0.108 e. The van der Waals surface area contributed by atoms with Crippen LogP contribution in [0.5, 0.6) is 0 Å². The standard InChI is InChI=1S/C40H35O2PS/c1-7-19-32(20-8-1)39(33-21-9-2-10-22-33)41-31-38(40(34-23-11-3-12-24-34)44-37-29-17-6-18-30-37)42-43(35-25-13-4-14-26-35)36-27-15-5-16-28-36/h1-30,38-40H,31H2/t38-,40+/m0/s1. The summed E-state index contributed by atoms with van der Waals surface area (Å²) in [5, 5.41) is 2.35. The Labute approximate surface area is 266 Å². The third kappa shape index (κ3) is 7.94. The lowest BCUT2D eigenvalue weighted by molar-refractivity contribution is 0.0209. The third-order valence-corrected chi connectivity index (χ3v) is 10.7. The van der Waals surface area contributed by atoms with Gasteiger partial charge in [-0.15, -0.1) is 11.8 Å². The molecule has 0 aliphatic carbocycles. The van der Waals surface area contributed by atoms with Gasteiger partial charge in [-0.25, -0.2) is 0 Å². The molecule has 0 N–H and O–H groups in total. The fourth-order valence-electron chi connectivity index (χ4n) is 5.18. The van der Waals surface area contributed by atoms with Crippen molar-refractivity contribution in [1.29, 1.82) is 0 Å². The second-order valence-electron chi connectivity index (χ2n) is 10.4. The minimum Gasteiger partial charge on any atom is -0.366 e. The minimum atomic E-state index is -1.12. The summed E-state index contributed by atoms with van der Waals surface area (Å²) in [5.41, 5.74) is 3.46. The number of benzene rings is 6. The lowest BCUT2D eigenvalue weighted by Crippen LogP contribution is -2.29. The van der Waals surface area contributed by atoms with Gasteiger partial charge in [-0.1, -0.05) is 170 Å². The molecule has 0 heterocycles. The fourth-order valence-corrected chi connectivity index (χ4v) is 8.33. The minimum absolute atomic E-state index is 0.0109. The van der Waals surface area contributed by atoms with Crippen LogP contribution >= 0.6 is 19.9 Å². The SMILES string of the molecule is c1ccc(S[C@H](c2ccccc2)[C@H](COC(c2ccccc2)c2ccccc2)OP(c2ccccc2)c2ccccc2)cc1. The largest absolute Gasteiger partial charge is 0.366 e. The van der Waals surface area contributed by atoms with Gasteiger partial charge in [-0.05, 0) is 28.8 Å². The van der Waals surface area contributed by atoms with Gasteiger partial charge in [0.2, 0.25) is 0 Å². The van der Waals surface area contributed by atoms with Crippen molar-refractivity contribution in [2.45, 2.75) is 22.4 Å². The summed E-state index contributed by atoms with van der Waals surface area (Å²) in [7, 11) is -1.12. The number of ether oxygens (including phenoxy) is 1. The Morgan fingerprint density at radius 1 is 0.455 bits per heavy atom. The molecular formula is C40H35O2PS. The molecule has 0 aliphatic rings. The van der Waals surface area contributed by atoms with Crippen LogP contribution in [-0.2, 0) is 9.26 Å². The Morgan fingerprint density at radius 3 is 1.30 bits per heavy atom. The molecule has 0 saturated carbocycles. The zero-order valence-corrected chi connectivity index (χ0v) is 26.1. The van der Waals surface area contributed by atoms with Crippen LogP contribution in [0.25, 0.3) is 0 Å². The molecule has 4 heteroatoms. The predicted octanol–water partition coefficient (Wildman–Crippen LogP) is 9.76. The highest BCUT2D eigenvalue weighted by Crippen LogP contribution is 2.46. The Kier molecular flexibility index (Phi) is 10.7. The van der Waals surface area contributed by atoms with Gasteiger partial charge < -0.3 is 9.26 Å². The van der Waals surface area contributed by atoms with Crippen LogP contribution < -0.4 is 10.6 Å². The van der Waals surface area contributed by atoms with E-state index >= 15 is 0 Å². The number of thioether (sulfide) groups is 1. The normalized spacial score (nSPS) is 12.7. The predicted molar refractivity (Wildman–Crippen MR) is 186 cm³/mol. The summed E-state index contributed by atoms with van der Waals surface area (Å²) in [4.78, 5) is 1.20. The highest BCUT2D eigenvalue weighted by molar-refractivity contribution is 7.99. The molecule has 0 unspecified atom stereocenters. The van der Waals surface area contributed by atoms with E-state index in [-0.39, 0.29) is 17.5 Å². The summed E-state index contributed by atoms with van der Waals surface area (Å²) in [6.07, 6.45) is -0.481. The molecule has 0 fully saturated rings. The zero-order chi connectivity index (χ0) is 29.8. The van der Waals surface area contributed by atoms with Crippen molar-refractivity contribution in [3.63, 3.8) is 0 Å². The van der Waals surface area contributed by atoms with Crippen molar-refractivity contribution in [2.75, 3.05) is 6.61 Å². The molecule has 0 amide bonds. The summed E-state index contributed by atoms with van der Waals surface area (Å²) in [6, 6.07) is 63.5. The quantitative estimate of drug-likeness (QED) is 0.0958. The highest BCUT2D eigenvalue weighted by Gasteiger charge is 2.31. The van der Waals surface area contributed by atoms with Crippen molar-refractivity contribution >= 4 is 30.5 Å². The number of rotatable bonds is 13. The van der Waals surface area contributed by atoms with E-state index in [9.17, 15) is 0 Å². The summed E-state index contributed by atoms with van der Waals surface area (Å²) in [5.74, 6) is 0. The van der Waals surface area contributed by atoms with E-state index in [2.05, 4.69) is 170 Å². The van der Waals surface area contributed by atoms with Gasteiger partial charge in [0.1, 0.15) is 12.2 Å². The van der Waals surface area contributed by atoms with Gasteiger partial charge >= 0.3 is 0 Å². The summed E-state index contributed by atoms with van der Waals surface area (Å²) < 4.78 is 14.3. The molecular weight excluding hydrogens is 575 g/mol. The van der Waals surface area contributed by atoms with Gasteiger partial charge in [0, 0.05) is 15.5 Å². The molecule has 0 aliphatic heterocycles. The van der Waals surface area contributed by atoms with E-state index in [4.69, 9.17) is 9.26 Å². The lowest BCUT2D eigenvalue weighted by Gasteiger charge is -2.32. The molecule has 0 spiro atoms. The first-order valence-corrected chi connectivity index (χ1v) is 17.0. The van der Waals surface area contributed by atoms with Gasteiger partial charge in [-0.2, -0.15) is 0 Å². The molecule has 0 aromatic heterocycles. The molecule has 2 nitrogen and oxygen atoms in total. The van der Waals surface area contributed by atoms with E-state index in [1.165, 1.54) is 21.1 Å². The first-order valence-electron chi connectivity index (χ1n) is 14.9. The van der Waals surface area contributed by atoms with E-state index in [0.29, 0.717) is 6.61 Å². The first kappa shape index (κ1) is 30.1. The second-order valence-corrected chi connectivity index (χ2v) is 13.5. The average molecular weight is 611 g/mol. The molecule has 6 rings (SSSR count). The Bertz CT molecular complexity index is 1580. The van der Waals surface area contributed by atoms with Gasteiger partial charge in [0.25, 0.3) is 0 Å². The van der Waals surface area contributed by atoms with Gasteiger partial charge in [0.15, 0.2) is 0 Å². The molecule has 6 aromatic rings. The van der Waals surface area contributed by atoms with Gasteiger partial charge in [0.05, 0.1) is 20.0 Å². The van der Waals surface area contributed by atoms with Crippen LogP contribution in [0.4, 0.5) is 0 Å². The van der Waals surface area contributed by atoms with Crippen molar-refractivity contribution in [3.05, 3.63) is 199 Å². The van der Waals surface area contributed by atoms with Crippen LogP contribution in [0, 0.1) is 0 Å². The first-order chi connectivity index (χ1) is 21.8. The van der Waals surface area contributed by atoms with Crippen LogP contribution in [0.2, 0.25) is 0 Å².